The Hall–Kier alpha value is -1.50. The summed E-state index contributed by atoms with van der Waals surface area (Å²) in [7, 11) is -7.57. The van der Waals surface area contributed by atoms with Crippen LogP contribution in [-0.2, 0) is 29.6 Å². The molecule has 1 atom stereocenters. The monoisotopic (exact) mass is 508 g/mol. The maximum absolute atomic E-state index is 12.5. The lowest BCUT2D eigenvalue weighted by Crippen LogP contribution is -2.41. The van der Waals surface area contributed by atoms with Gasteiger partial charge in [0.25, 0.3) is 10.0 Å². The van der Waals surface area contributed by atoms with Crippen LogP contribution in [0.15, 0.2) is 45.5 Å². The van der Waals surface area contributed by atoms with Gasteiger partial charge in [-0.15, -0.1) is 11.3 Å². The van der Waals surface area contributed by atoms with Crippen LogP contribution in [0, 0.1) is 6.92 Å². The van der Waals surface area contributed by atoms with Crippen molar-refractivity contribution in [2.24, 2.45) is 0 Å². The van der Waals surface area contributed by atoms with E-state index in [2.05, 4.69) is 9.44 Å². The van der Waals surface area contributed by atoms with E-state index in [1.165, 1.54) is 24.3 Å². The molecule has 2 rings (SSSR count). The minimum Gasteiger partial charge on any atom is -0.465 e. The molecule has 12 heteroatoms. The quantitative estimate of drug-likeness (QED) is 0.336. The number of hydrogen-bond donors (Lipinski definition) is 2. The van der Waals surface area contributed by atoms with Gasteiger partial charge in [0.2, 0.25) is 10.0 Å². The van der Waals surface area contributed by atoms with Crippen molar-refractivity contribution in [2.45, 2.75) is 48.3 Å². The Balaban J connectivity index is 1.92. The minimum atomic E-state index is -3.94. The number of esters is 1. The first-order valence-corrected chi connectivity index (χ1v) is 13.7. The van der Waals surface area contributed by atoms with Crippen LogP contribution in [-0.4, -0.2) is 42.0 Å². The molecule has 0 aliphatic heterocycles. The third-order valence-electron chi connectivity index (χ3n) is 4.22. The molecule has 0 saturated carbocycles. The maximum atomic E-state index is 12.5. The highest BCUT2D eigenvalue weighted by atomic mass is 35.5. The molecule has 0 fully saturated rings. The molecule has 0 aliphatic rings. The molecular formula is C19H25ClN2O6S3. The average Bonchev–Trinajstić information content (AvgIpc) is 3.14. The Morgan fingerprint density at radius 3 is 2.32 bits per heavy atom. The van der Waals surface area contributed by atoms with Crippen molar-refractivity contribution in [3.8, 4) is 0 Å². The van der Waals surface area contributed by atoms with Crippen molar-refractivity contribution in [3.63, 3.8) is 0 Å². The zero-order valence-electron chi connectivity index (χ0n) is 17.1. The van der Waals surface area contributed by atoms with Crippen molar-refractivity contribution in [3.05, 3.63) is 46.3 Å². The summed E-state index contributed by atoms with van der Waals surface area (Å²) in [4.78, 5) is 12.4. The first-order valence-electron chi connectivity index (χ1n) is 9.56. The van der Waals surface area contributed by atoms with Gasteiger partial charge in [0.1, 0.15) is 10.3 Å². The van der Waals surface area contributed by atoms with E-state index < -0.39 is 32.1 Å². The van der Waals surface area contributed by atoms with Crippen molar-refractivity contribution in [1.29, 1.82) is 0 Å². The molecule has 8 nitrogen and oxygen atoms in total. The maximum Gasteiger partial charge on any atom is 0.324 e. The SMILES string of the molecule is CCOC(=O)C(CCCCNS(=O)(=O)c1ccc(C)cc1)NS(=O)(=O)c1ccc(Cl)s1. The van der Waals surface area contributed by atoms with Gasteiger partial charge in [-0.1, -0.05) is 29.3 Å². The van der Waals surface area contributed by atoms with Gasteiger partial charge in [-0.05, 0) is 57.4 Å². The number of rotatable bonds is 12. The number of sulfonamides is 2. The zero-order valence-corrected chi connectivity index (χ0v) is 20.3. The van der Waals surface area contributed by atoms with E-state index >= 15 is 0 Å². The van der Waals surface area contributed by atoms with Crippen LogP contribution in [0.2, 0.25) is 4.34 Å². The Morgan fingerprint density at radius 2 is 1.74 bits per heavy atom. The Kier molecular flexibility index (Phi) is 9.46. The molecule has 0 amide bonds. The van der Waals surface area contributed by atoms with Gasteiger partial charge in [0.15, 0.2) is 0 Å². The van der Waals surface area contributed by atoms with E-state index in [1.54, 1.807) is 19.1 Å². The van der Waals surface area contributed by atoms with Crippen molar-refractivity contribution in [2.75, 3.05) is 13.2 Å². The number of aryl methyl sites for hydroxylation is 1. The Bertz CT molecular complexity index is 1080. The smallest absolute Gasteiger partial charge is 0.324 e. The molecule has 0 spiro atoms. The van der Waals surface area contributed by atoms with E-state index in [9.17, 15) is 21.6 Å². The molecule has 1 aromatic heterocycles. The zero-order chi connectivity index (χ0) is 23.1. The number of carbonyl (C=O) groups is 1. The highest BCUT2D eigenvalue weighted by molar-refractivity contribution is 7.91. The van der Waals surface area contributed by atoms with Crippen molar-refractivity contribution < 1.29 is 26.4 Å². The van der Waals surface area contributed by atoms with E-state index in [1.807, 2.05) is 6.92 Å². The summed E-state index contributed by atoms with van der Waals surface area (Å²) in [5, 5.41) is 0. The molecule has 0 radical (unpaired) electrons. The van der Waals surface area contributed by atoms with Crippen molar-refractivity contribution in [1.82, 2.24) is 9.44 Å². The molecule has 2 aromatic rings. The number of hydrogen-bond acceptors (Lipinski definition) is 7. The van der Waals surface area contributed by atoms with Crippen LogP contribution in [0.25, 0.3) is 0 Å². The van der Waals surface area contributed by atoms with Gasteiger partial charge in [0.05, 0.1) is 15.8 Å². The highest BCUT2D eigenvalue weighted by Crippen LogP contribution is 2.25. The number of halogens is 1. The van der Waals surface area contributed by atoms with Crippen LogP contribution in [0.4, 0.5) is 0 Å². The number of ether oxygens (including phenoxy) is 1. The topological polar surface area (TPSA) is 119 Å². The summed E-state index contributed by atoms with van der Waals surface area (Å²) in [6.45, 7) is 3.75. The van der Waals surface area contributed by atoms with Crippen molar-refractivity contribution >= 4 is 49.0 Å². The molecule has 1 heterocycles. The van der Waals surface area contributed by atoms with E-state index in [0.717, 1.165) is 16.9 Å². The molecule has 0 saturated heterocycles. The summed E-state index contributed by atoms with van der Waals surface area (Å²) in [5.41, 5.74) is 0.955. The van der Waals surface area contributed by atoms with Gasteiger partial charge in [-0.2, -0.15) is 4.72 Å². The van der Waals surface area contributed by atoms with E-state index in [-0.39, 0.29) is 28.7 Å². The molecule has 2 N–H and O–H groups in total. The standard InChI is InChI=1S/C19H25ClN2O6S3/c1-3-28-19(23)16(22-31(26,27)18-12-11-17(20)29-18)6-4-5-13-21-30(24,25)15-9-7-14(2)8-10-15/h7-12,16,21-22H,3-6,13H2,1-2H3. The number of nitrogens with one attached hydrogen (secondary N) is 2. The molecule has 0 bridgehead atoms. The Morgan fingerprint density at radius 1 is 1.06 bits per heavy atom. The fraction of sp³-hybridized carbons (Fsp3) is 0.421. The largest absolute Gasteiger partial charge is 0.465 e. The van der Waals surface area contributed by atoms with Crippen LogP contribution in [0.1, 0.15) is 31.7 Å². The van der Waals surface area contributed by atoms with Crippen LogP contribution in [0.5, 0.6) is 0 Å². The van der Waals surface area contributed by atoms with Crippen LogP contribution in [0.3, 0.4) is 0 Å². The third-order valence-corrected chi connectivity index (χ3v) is 8.90. The third kappa shape index (κ3) is 7.85. The number of carbonyl (C=O) groups excluding carboxylic acids is 1. The van der Waals surface area contributed by atoms with Gasteiger partial charge in [-0.3, -0.25) is 4.79 Å². The number of thiophene rings is 1. The second kappa shape index (κ2) is 11.4. The molecule has 0 aliphatic carbocycles. The van der Waals surface area contributed by atoms with Gasteiger partial charge in [0, 0.05) is 6.54 Å². The summed E-state index contributed by atoms with van der Waals surface area (Å²) >= 11 is 6.68. The number of unbranched alkanes of at least 4 members (excludes halogenated alkanes) is 1. The number of benzene rings is 1. The highest BCUT2D eigenvalue weighted by Gasteiger charge is 2.27. The second-order valence-electron chi connectivity index (χ2n) is 6.69. The van der Waals surface area contributed by atoms with Gasteiger partial charge < -0.3 is 4.74 Å². The molecule has 31 heavy (non-hydrogen) atoms. The molecule has 1 aromatic carbocycles. The first-order chi connectivity index (χ1) is 14.5. The predicted molar refractivity (Wildman–Crippen MR) is 120 cm³/mol. The van der Waals surface area contributed by atoms with Gasteiger partial charge >= 0.3 is 5.97 Å². The summed E-state index contributed by atoms with van der Waals surface area (Å²) in [5.74, 6) is -0.686. The normalized spacial score (nSPS) is 13.1. The van der Waals surface area contributed by atoms with Crippen LogP contribution < -0.4 is 9.44 Å². The van der Waals surface area contributed by atoms with Crippen LogP contribution >= 0.6 is 22.9 Å². The summed E-state index contributed by atoms with van der Waals surface area (Å²) < 4.78 is 59.7. The van der Waals surface area contributed by atoms with Gasteiger partial charge in [-0.25, -0.2) is 21.6 Å². The van der Waals surface area contributed by atoms with E-state index in [4.69, 9.17) is 16.3 Å². The first kappa shape index (κ1) is 25.8. The molecule has 172 valence electrons. The lowest BCUT2D eigenvalue weighted by molar-refractivity contribution is -0.145. The molecule has 1 unspecified atom stereocenters. The fourth-order valence-electron chi connectivity index (χ4n) is 2.64. The lowest BCUT2D eigenvalue weighted by Gasteiger charge is -2.17. The Labute approximate surface area is 192 Å². The minimum absolute atomic E-state index is 0.00217. The molecular weight excluding hydrogens is 484 g/mol. The second-order valence-corrected chi connectivity index (χ2v) is 12.1. The fourth-order valence-corrected chi connectivity index (χ4v) is 6.43. The lowest BCUT2D eigenvalue weighted by atomic mass is 10.1. The average molecular weight is 509 g/mol. The summed E-state index contributed by atoms with van der Waals surface area (Å²) in [6.07, 6.45) is 0.963. The predicted octanol–water partition coefficient (Wildman–Crippen LogP) is 3.07. The van der Waals surface area contributed by atoms with E-state index in [0.29, 0.717) is 17.2 Å². The summed E-state index contributed by atoms with van der Waals surface area (Å²) in [6, 6.07) is 8.22.